The van der Waals surface area contributed by atoms with Gasteiger partial charge in [-0.1, -0.05) is 0 Å². The number of hydrogen-bond donors (Lipinski definition) is 0. The number of nitro groups is 1. The number of aryl methyl sites for hydroxylation is 1. The second kappa shape index (κ2) is 8.21. The molecular weight excluding hydrogens is 424 g/mol. The van der Waals surface area contributed by atoms with E-state index in [4.69, 9.17) is 4.98 Å². The van der Waals surface area contributed by atoms with Crippen molar-refractivity contribution >= 4 is 27.0 Å². The molecule has 3 aromatic rings. The van der Waals surface area contributed by atoms with Crippen molar-refractivity contribution in [3.63, 3.8) is 0 Å². The van der Waals surface area contributed by atoms with E-state index < -0.39 is 14.9 Å². The molecule has 2 aromatic heterocycles. The Bertz CT molecular complexity index is 1170. The Morgan fingerprint density at radius 2 is 1.87 bits per heavy atom. The third kappa shape index (κ3) is 3.98. The van der Waals surface area contributed by atoms with Gasteiger partial charge in [-0.2, -0.15) is 4.31 Å². The van der Waals surface area contributed by atoms with E-state index in [0.717, 1.165) is 16.3 Å². The van der Waals surface area contributed by atoms with Crippen molar-refractivity contribution in [2.45, 2.75) is 30.6 Å². The second-order valence-corrected chi connectivity index (χ2v) is 10.0. The highest BCUT2D eigenvalue weighted by molar-refractivity contribution is 7.89. The molecular formula is C20H20N4O4S2. The molecule has 10 heteroatoms. The predicted molar refractivity (Wildman–Crippen MR) is 114 cm³/mol. The molecule has 156 valence electrons. The van der Waals surface area contributed by atoms with Gasteiger partial charge in [0.15, 0.2) is 0 Å². The number of nitro benzene ring substituents is 1. The van der Waals surface area contributed by atoms with Crippen molar-refractivity contribution < 1.29 is 13.3 Å². The number of piperidine rings is 1. The molecule has 0 radical (unpaired) electrons. The Morgan fingerprint density at radius 1 is 1.17 bits per heavy atom. The molecule has 30 heavy (non-hydrogen) atoms. The minimum absolute atomic E-state index is 0.0820. The van der Waals surface area contributed by atoms with E-state index in [9.17, 15) is 18.5 Å². The molecule has 0 aliphatic carbocycles. The van der Waals surface area contributed by atoms with Crippen LogP contribution in [0.25, 0.3) is 11.3 Å². The first kappa shape index (κ1) is 20.6. The van der Waals surface area contributed by atoms with E-state index in [0.29, 0.717) is 31.5 Å². The van der Waals surface area contributed by atoms with Crippen LogP contribution in [0.15, 0.2) is 53.0 Å². The van der Waals surface area contributed by atoms with E-state index in [1.807, 2.05) is 17.5 Å². The number of thiazole rings is 1. The number of nitrogens with zero attached hydrogens (tertiary/aromatic N) is 4. The largest absolute Gasteiger partial charge is 0.272 e. The molecule has 0 amide bonds. The number of benzene rings is 1. The Kier molecular flexibility index (Phi) is 5.63. The molecule has 8 nitrogen and oxygen atoms in total. The van der Waals surface area contributed by atoms with E-state index >= 15 is 0 Å². The minimum Gasteiger partial charge on any atom is -0.265 e. The number of rotatable bonds is 5. The van der Waals surface area contributed by atoms with E-state index in [1.165, 1.54) is 22.5 Å². The molecule has 4 rings (SSSR count). The SMILES string of the molecule is Cc1cc(S(=O)(=O)N2CCC(c3nc(-c4ccncc4)cs3)CC2)ccc1[N+](=O)[O-]. The van der Waals surface area contributed by atoms with Crippen molar-refractivity contribution in [3.8, 4) is 11.3 Å². The first-order chi connectivity index (χ1) is 14.4. The van der Waals surface area contributed by atoms with Crippen LogP contribution in [-0.4, -0.2) is 40.7 Å². The van der Waals surface area contributed by atoms with Crippen LogP contribution in [0.4, 0.5) is 5.69 Å². The van der Waals surface area contributed by atoms with E-state index in [-0.39, 0.29) is 16.5 Å². The summed E-state index contributed by atoms with van der Waals surface area (Å²) in [6, 6.07) is 7.78. The molecule has 0 N–H and O–H groups in total. The molecule has 1 aromatic carbocycles. The van der Waals surface area contributed by atoms with Crippen LogP contribution in [0.2, 0.25) is 0 Å². The summed E-state index contributed by atoms with van der Waals surface area (Å²) in [5.41, 5.74) is 2.18. The highest BCUT2D eigenvalue weighted by Gasteiger charge is 2.31. The maximum atomic E-state index is 13.0. The molecule has 3 heterocycles. The summed E-state index contributed by atoms with van der Waals surface area (Å²) in [6.07, 6.45) is 4.85. The summed E-state index contributed by atoms with van der Waals surface area (Å²) in [5, 5.41) is 14.0. The summed E-state index contributed by atoms with van der Waals surface area (Å²) >= 11 is 1.60. The minimum atomic E-state index is -3.68. The standard InChI is InChI=1S/C20H20N4O4S2/c1-14-12-17(2-3-19(14)24(25)26)30(27,28)23-10-6-16(7-11-23)20-22-18(13-29-20)15-4-8-21-9-5-15/h2-5,8-9,12-13,16H,6-7,10-11H2,1H3. The number of aromatic nitrogens is 2. The fourth-order valence-corrected chi connectivity index (χ4v) is 6.17. The van der Waals surface area contributed by atoms with Crippen LogP contribution >= 0.6 is 11.3 Å². The van der Waals surface area contributed by atoms with Crippen LogP contribution in [0.5, 0.6) is 0 Å². The Hall–Kier alpha value is -2.69. The summed E-state index contributed by atoms with van der Waals surface area (Å²) in [5.74, 6) is 0.218. The highest BCUT2D eigenvalue weighted by Crippen LogP contribution is 2.34. The van der Waals surface area contributed by atoms with E-state index in [2.05, 4.69) is 4.98 Å². The fourth-order valence-electron chi connectivity index (χ4n) is 3.62. The Morgan fingerprint density at radius 3 is 2.50 bits per heavy atom. The van der Waals surface area contributed by atoms with Gasteiger partial charge < -0.3 is 0 Å². The summed E-state index contributed by atoms with van der Waals surface area (Å²) < 4.78 is 27.4. The predicted octanol–water partition coefficient (Wildman–Crippen LogP) is 3.99. The maximum absolute atomic E-state index is 13.0. The van der Waals surface area contributed by atoms with Gasteiger partial charge in [0.1, 0.15) is 0 Å². The van der Waals surface area contributed by atoms with Gasteiger partial charge in [-0.25, -0.2) is 13.4 Å². The fraction of sp³-hybridized carbons (Fsp3) is 0.300. The molecule has 0 unspecified atom stereocenters. The highest BCUT2D eigenvalue weighted by atomic mass is 32.2. The molecule has 1 aliphatic rings. The van der Waals surface area contributed by atoms with Gasteiger partial charge in [-0.05, 0) is 44.0 Å². The molecule has 0 spiro atoms. The monoisotopic (exact) mass is 444 g/mol. The smallest absolute Gasteiger partial charge is 0.265 e. The number of sulfonamides is 1. The maximum Gasteiger partial charge on any atom is 0.272 e. The average molecular weight is 445 g/mol. The lowest BCUT2D eigenvalue weighted by molar-refractivity contribution is -0.385. The van der Waals surface area contributed by atoms with Gasteiger partial charge in [0, 0.05) is 54.0 Å². The lowest BCUT2D eigenvalue weighted by Crippen LogP contribution is -2.37. The lowest BCUT2D eigenvalue weighted by Gasteiger charge is -2.30. The molecule has 1 saturated heterocycles. The molecule has 1 fully saturated rings. The molecule has 0 atom stereocenters. The van der Waals surface area contributed by atoms with Gasteiger partial charge >= 0.3 is 0 Å². The van der Waals surface area contributed by atoms with Crippen molar-refractivity contribution in [1.29, 1.82) is 0 Å². The molecule has 0 saturated carbocycles. The summed E-state index contributed by atoms with van der Waals surface area (Å²) in [4.78, 5) is 19.3. The molecule has 1 aliphatic heterocycles. The quantitative estimate of drug-likeness (QED) is 0.435. The third-order valence-electron chi connectivity index (χ3n) is 5.30. The third-order valence-corrected chi connectivity index (χ3v) is 8.21. The zero-order valence-electron chi connectivity index (χ0n) is 16.3. The Balaban J connectivity index is 1.46. The Labute approximate surface area is 178 Å². The van der Waals surface area contributed by atoms with Crippen LogP contribution in [0, 0.1) is 17.0 Å². The van der Waals surface area contributed by atoms with Crippen molar-refractivity contribution in [3.05, 3.63) is 68.8 Å². The second-order valence-electron chi connectivity index (χ2n) is 7.19. The van der Waals surface area contributed by atoms with Crippen LogP contribution < -0.4 is 0 Å². The number of hydrogen-bond acceptors (Lipinski definition) is 7. The molecule has 0 bridgehead atoms. The van der Waals surface area contributed by atoms with Crippen LogP contribution in [0.1, 0.15) is 29.3 Å². The normalized spacial score (nSPS) is 15.9. The van der Waals surface area contributed by atoms with Crippen LogP contribution in [0.3, 0.4) is 0 Å². The zero-order chi connectivity index (χ0) is 21.3. The first-order valence-corrected chi connectivity index (χ1v) is 11.8. The summed E-state index contributed by atoms with van der Waals surface area (Å²) in [7, 11) is -3.68. The zero-order valence-corrected chi connectivity index (χ0v) is 17.9. The summed E-state index contributed by atoms with van der Waals surface area (Å²) in [6.45, 7) is 2.34. The van der Waals surface area contributed by atoms with Gasteiger partial charge in [0.2, 0.25) is 10.0 Å². The van der Waals surface area contributed by atoms with Gasteiger partial charge in [0.05, 0.1) is 20.5 Å². The van der Waals surface area contributed by atoms with Crippen LogP contribution in [-0.2, 0) is 10.0 Å². The van der Waals surface area contributed by atoms with E-state index in [1.54, 1.807) is 30.7 Å². The number of pyridine rings is 1. The van der Waals surface area contributed by atoms with Gasteiger partial charge in [-0.15, -0.1) is 11.3 Å². The lowest BCUT2D eigenvalue weighted by atomic mass is 9.99. The van der Waals surface area contributed by atoms with Crippen molar-refractivity contribution in [2.75, 3.05) is 13.1 Å². The average Bonchev–Trinajstić information content (AvgIpc) is 3.24. The topological polar surface area (TPSA) is 106 Å². The van der Waals surface area contributed by atoms with Gasteiger partial charge in [0.25, 0.3) is 5.69 Å². The first-order valence-electron chi connectivity index (χ1n) is 9.47. The van der Waals surface area contributed by atoms with Gasteiger partial charge in [-0.3, -0.25) is 15.1 Å². The van der Waals surface area contributed by atoms with Crippen molar-refractivity contribution in [2.24, 2.45) is 0 Å². The van der Waals surface area contributed by atoms with Crippen molar-refractivity contribution in [1.82, 2.24) is 14.3 Å².